The number of ether oxygens (including phenoxy) is 1. The van der Waals surface area contributed by atoms with Gasteiger partial charge in [0.05, 0.1) is 0 Å². The average molecular weight is 225 g/mol. The van der Waals surface area contributed by atoms with Crippen LogP contribution in [0.5, 0.6) is 0 Å². The van der Waals surface area contributed by atoms with Gasteiger partial charge >= 0.3 is 12.1 Å². The van der Waals surface area contributed by atoms with Gasteiger partial charge in [-0.25, -0.2) is 4.79 Å². The fourth-order valence-electron chi connectivity index (χ4n) is 0.998. The summed E-state index contributed by atoms with van der Waals surface area (Å²) in [5, 5.41) is 2.06. The zero-order valence-corrected chi connectivity index (χ0v) is 8.77. The zero-order chi connectivity index (χ0) is 12.0. The molecule has 16 heavy (non-hydrogen) atoms. The molecule has 1 atom stereocenters. The van der Waals surface area contributed by atoms with Crippen molar-refractivity contribution in [2.75, 3.05) is 0 Å². The van der Waals surface area contributed by atoms with Gasteiger partial charge in [0.1, 0.15) is 12.6 Å². The third-order valence-electron chi connectivity index (χ3n) is 1.89. The number of benzene rings is 1. The lowest BCUT2D eigenvalue weighted by Crippen LogP contribution is -2.37. The van der Waals surface area contributed by atoms with Crippen LogP contribution in [0.4, 0.5) is 9.18 Å². The van der Waals surface area contributed by atoms with E-state index in [1.165, 1.54) is 6.92 Å². The zero-order valence-electron chi connectivity index (χ0n) is 8.77. The summed E-state index contributed by atoms with van der Waals surface area (Å²) in [5.41, 5.74) is 0.817. The number of hydrogen-bond donors (Lipinski definition) is 1. The van der Waals surface area contributed by atoms with Crippen LogP contribution in [-0.2, 0) is 16.1 Å². The van der Waals surface area contributed by atoms with Crippen molar-refractivity contribution in [2.24, 2.45) is 0 Å². The molecule has 0 spiro atoms. The second-order valence-corrected chi connectivity index (χ2v) is 3.23. The molecule has 0 bridgehead atoms. The Morgan fingerprint density at radius 2 is 2.00 bits per heavy atom. The van der Waals surface area contributed by atoms with E-state index in [1.54, 1.807) is 12.1 Å². The molecule has 0 saturated carbocycles. The first kappa shape index (κ1) is 12.2. The van der Waals surface area contributed by atoms with Gasteiger partial charge in [-0.05, 0) is 12.5 Å². The normalized spacial score (nSPS) is 11.6. The van der Waals surface area contributed by atoms with Gasteiger partial charge < -0.3 is 10.1 Å². The molecule has 1 N–H and O–H groups in total. The Kier molecular flexibility index (Phi) is 4.44. The highest BCUT2D eigenvalue weighted by molar-refractivity contribution is 5.79. The lowest BCUT2D eigenvalue weighted by atomic mass is 10.2. The monoisotopic (exact) mass is 225 g/mol. The van der Waals surface area contributed by atoms with Gasteiger partial charge in [0.25, 0.3) is 0 Å². The van der Waals surface area contributed by atoms with Gasteiger partial charge in [0.2, 0.25) is 0 Å². The van der Waals surface area contributed by atoms with Gasteiger partial charge in [-0.1, -0.05) is 30.3 Å². The Bertz CT molecular complexity index is 367. The van der Waals surface area contributed by atoms with E-state index in [0.717, 1.165) is 5.56 Å². The third kappa shape index (κ3) is 4.08. The van der Waals surface area contributed by atoms with Gasteiger partial charge in [0, 0.05) is 0 Å². The highest BCUT2D eigenvalue weighted by Gasteiger charge is 2.15. The summed E-state index contributed by atoms with van der Waals surface area (Å²) in [6, 6.07) is 6.26. The molecule has 0 aliphatic rings. The summed E-state index contributed by atoms with van der Waals surface area (Å²) in [6.07, 6.45) is -0.817. The molecule has 86 valence electrons. The molecule has 1 rings (SSSR count). The molecule has 1 aromatic carbocycles. The number of alkyl carbamates (subject to hydrolysis) is 1. The van der Waals surface area contributed by atoms with Crippen LogP contribution in [0, 0.1) is 0 Å². The molecule has 1 amide bonds. The van der Waals surface area contributed by atoms with Crippen molar-refractivity contribution < 1.29 is 18.7 Å². The smallest absolute Gasteiger partial charge is 0.408 e. The van der Waals surface area contributed by atoms with E-state index in [4.69, 9.17) is 4.74 Å². The Balaban J connectivity index is 2.33. The Morgan fingerprint density at radius 1 is 1.38 bits per heavy atom. The second-order valence-electron chi connectivity index (χ2n) is 3.23. The predicted molar refractivity (Wildman–Crippen MR) is 55.3 cm³/mol. The van der Waals surface area contributed by atoms with Crippen molar-refractivity contribution >= 4 is 12.1 Å². The molecule has 4 nitrogen and oxygen atoms in total. The number of nitrogens with one attached hydrogen (secondary N) is 1. The van der Waals surface area contributed by atoms with Gasteiger partial charge in [-0.15, -0.1) is 0 Å². The summed E-state index contributed by atoms with van der Waals surface area (Å²) in [5.74, 6) is 0. The van der Waals surface area contributed by atoms with E-state index in [2.05, 4.69) is 5.32 Å². The maximum atomic E-state index is 12.1. The molecule has 5 heteroatoms. The summed E-state index contributed by atoms with van der Waals surface area (Å²) in [4.78, 5) is 21.3. The van der Waals surface area contributed by atoms with Crippen LogP contribution in [0.3, 0.4) is 0 Å². The minimum absolute atomic E-state index is 0.0832. The first-order valence-electron chi connectivity index (χ1n) is 4.76. The quantitative estimate of drug-likeness (QED) is 0.795. The molecule has 0 fully saturated rings. The molecule has 0 radical (unpaired) electrons. The lowest BCUT2D eigenvalue weighted by Gasteiger charge is -2.09. The number of amides is 1. The topological polar surface area (TPSA) is 55.4 Å². The molecule has 0 aliphatic carbocycles. The molecule has 0 aromatic heterocycles. The van der Waals surface area contributed by atoms with E-state index in [0.29, 0.717) is 0 Å². The van der Waals surface area contributed by atoms with E-state index in [-0.39, 0.29) is 6.61 Å². The summed E-state index contributed by atoms with van der Waals surface area (Å²) in [6.45, 7) is 1.33. The minimum Gasteiger partial charge on any atom is -0.445 e. The molecule has 0 aliphatic heterocycles. The molecular weight excluding hydrogens is 213 g/mol. The Hall–Kier alpha value is -1.91. The minimum atomic E-state index is -1.60. The molecular formula is C11H12FNO3. The van der Waals surface area contributed by atoms with Crippen molar-refractivity contribution in [3.8, 4) is 0 Å². The highest BCUT2D eigenvalue weighted by Crippen LogP contribution is 2.00. The van der Waals surface area contributed by atoms with E-state index < -0.39 is 18.2 Å². The summed E-state index contributed by atoms with van der Waals surface area (Å²) < 4.78 is 16.9. The van der Waals surface area contributed by atoms with Gasteiger partial charge in [-0.2, -0.15) is 4.39 Å². The fraction of sp³-hybridized carbons (Fsp3) is 0.273. The van der Waals surface area contributed by atoms with Gasteiger partial charge in [-0.3, -0.25) is 4.79 Å². The van der Waals surface area contributed by atoms with Crippen LogP contribution < -0.4 is 5.32 Å². The number of carbonyl (C=O) groups excluding carboxylic acids is 2. The van der Waals surface area contributed by atoms with Crippen LogP contribution in [-0.4, -0.2) is 18.2 Å². The molecule has 0 heterocycles. The van der Waals surface area contributed by atoms with Crippen molar-refractivity contribution in [2.45, 2.75) is 19.6 Å². The van der Waals surface area contributed by atoms with Crippen molar-refractivity contribution in [3.63, 3.8) is 0 Å². The van der Waals surface area contributed by atoms with Crippen molar-refractivity contribution in [3.05, 3.63) is 35.9 Å². The number of rotatable bonds is 4. The van der Waals surface area contributed by atoms with E-state index in [9.17, 15) is 14.0 Å². The van der Waals surface area contributed by atoms with Crippen molar-refractivity contribution in [1.82, 2.24) is 5.32 Å². The standard InChI is InChI=1S/C11H12FNO3/c1-8(10(12)14)13-11(15)16-7-9-5-3-2-4-6-9/h2-6,8H,7H2,1H3,(H,13,15)/t8-/m0/s1. The second kappa shape index (κ2) is 5.85. The third-order valence-corrected chi connectivity index (χ3v) is 1.89. The maximum Gasteiger partial charge on any atom is 0.408 e. The molecule has 1 aromatic rings. The maximum absolute atomic E-state index is 12.1. The average Bonchev–Trinajstić information content (AvgIpc) is 2.27. The van der Waals surface area contributed by atoms with E-state index in [1.807, 2.05) is 18.2 Å². The van der Waals surface area contributed by atoms with Gasteiger partial charge in [0.15, 0.2) is 0 Å². The Labute approximate surface area is 92.4 Å². The fourth-order valence-corrected chi connectivity index (χ4v) is 0.998. The number of halogens is 1. The lowest BCUT2D eigenvalue weighted by molar-refractivity contribution is -0.130. The first-order valence-corrected chi connectivity index (χ1v) is 4.76. The van der Waals surface area contributed by atoms with Crippen LogP contribution in [0.1, 0.15) is 12.5 Å². The van der Waals surface area contributed by atoms with Crippen LogP contribution in [0.2, 0.25) is 0 Å². The number of hydrogen-bond acceptors (Lipinski definition) is 3. The first-order chi connectivity index (χ1) is 7.59. The highest BCUT2D eigenvalue weighted by atomic mass is 19.1. The summed E-state index contributed by atoms with van der Waals surface area (Å²) >= 11 is 0. The molecule has 0 saturated heterocycles. The number of carbonyl (C=O) groups is 2. The largest absolute Gasteiger partial charge is 0.445 e. The van der Waals surface area contributed by atoms with E-state index >= 15 is 0 Å². The Morgan fingerprint density at radius 3 is 2.56 bits per heavy atom. The predicted octanol–water partition coefficient (Wildman–Crippen LogP) is 1.80. The SMILES string of the molecule is C[C@H](NC(=O)OCc1ccccc1)C(=O)F. The van der Waals surface area contributed by atoms with Crippen molar-refractivity contribution in [1.29, 1.82) is 0 Å². The van der Waals surface area contributed by atoms with Crippen LogP contribution >= 0.6 is 0 Å². The molecule has 0 unspecified atom stereocenters. The van der Waals surface area contributed by atoms with Crippen LogP contribution in [0.15, 0.2) is 30.3 Å². The summed E-state index contributed by atoms with van der Waals surface area (Å²) in [7, 11) is 0. The van der Waals surface area contributed by atoms with Crippen LogP contribution in [0.25, 0.3) is 0 Å².